The molecule has 3 aromatic rings. The van der Waals surface area contributed by atoms with Crippen molar-refractivity contribution in [3.05, 3.63) is 64.1 Å². The lowest BCUT2D eigenvalue weighted by Crippen LogP contribution is -2.33. The van der Waals surface area contributed by atoms with Gasteiger partial charge in [-0.25, -0.2) is 9.37 Å². The van der Waals surface area contributed by atoms with Gasteiger partial charge >= 0.3 is 0 Å². The zero-order valence-electron chi connectivity index (χ0n) is 13.3. The molecule has 1 unspecified atom stereocenters. The average molecular weight is 390 g/mol. The van der Waals surface area contributed by atoms with Gasteiger partial charge < -0.3 is 10.3 Å². The second kappa shape index (κ2) is 6.73. The highest BCUT2D eigenvalue weighted by molar-refractivity contribution is 9.10. The zero-order valence-corrected chi connectivity index (χ0v) is 14.9. The predicted molar refractivity (Wildman–Crippen MR) is 95.2 cm³/mol. The first-order chi connectivity index (χ1) is 11.5. The second-order valence-corrected chi connectivity index (χ2v) is 6.87. The summed E-state index contributed by atoms with van der Waals surface area (Å²) in [6.45, 7) is 3.96. The first-order valence-corrected chi connectivity index (χ1v) is 8.45. The number of H-pyrrole nitrogens is 1. The fraction of sp³-hybridized carbons (Fsp3) is 0.222. The van der Waals surface area contributed by atoms with E-state index in [1.54, 1.807) is 6.07 Å². The molecule has 0 spiro atoms. The number of fused-ring (bicyclic) bond motifs is 1. The van der Waals surface area contributed by atoms with Gasteiger partial charge in [0.05, 0.1) is 22.6 Å². The monoisotopic (exact) mass is 389 g/mol. The van der Waals surface area contributed by atoms with Crippen LogP contribution >= 0.6 is 15.9 Å². The van der Waals surface area contributed by atoms with E-state index in [-0.39, 0.29) is 17.5 Å². The van der Waals surface area contributed by atoms with Crippen LogP contribution in [-0.4, -0.2) is 15.9 Å². The molecule has 1 atom stereocenters. The Morgan fingerprint density at radius 2 is 2.00 bits per heavy atom. The van der Waals surface area contributed by atoms with E-state index >= 15 is 0 Å². The number of nitrogens with zero attached hydrogens (tertiary/aromatic N) is 1. The number of carbonyl (C=O) groups excluding carboxylic acids is 1. The van der Waals surface area contributed by atoms with E-state index in [0.29, 0.717) is 10.3 Å². The normalized spacial score (nSPS) is 12.5. The van der Waals surface area contributed by atoms with E-state index in [2.05, 4.69) is 31.2 Å². The van der Waals surface area contributed by atoms with Crippen molar-refractivity contribution in [3.8, 4) is 0 Å². The summed E-state index contributed by atoms with van der Waals surface area (Å²) in [6, 6.07) is 11.6. The predicted octanol–water partition coefficient (Wildman–Crippen LogP) is 4.59. The molecule has 3 rings (SSSR count). The largest absolute Gasteiger partial charge is 0.342 e. The maximum absolute atomic E-state index is 13.9. The van der Waals surface area contributed by atoms with Crippen LogP contribution in [0.5, 0.6) is 0 Å². The second-order valence-electron chi connectivity index (χ2n) is 5.96. The van der Waals surface area contributed by atoms with Crippen LogP contribution in [0.25, 0.3) is 11.0 Å². The van der Waals surface area contributed by atoms with Crippen molar-refractivity contribution >= 4 is 32.9 Å². The molecule has 0 bridgehead atoms. The lowest BCUT2D eigenvalue weighted by atomic mass is 10.0. The first kappa shape index (κ1) is 16.6. The van der Waals surface area contributed by atoms with Gasteiger partial charge in [-0.15, -0.1) is 0 Å². The SMILES string of the molecule is CC(C)C(NC(=O)c1cc(Br)ccc1F)c1nc2ccccc2[nH]1. The van der Waals surface area contributed by atoms with Crippen LogP contribution < -0.4 is 5.32 Å². The molecule has 0 saturated carbocycles. The Kier molecular flexibility index (Phi) is 4.66. The number of benzene rings is 2. The van der Waals surface area contributed by atoms with Gasteiger partial charge in [0.1, 0.15) is 11.6 Å². The van der Waals surface area contributed by atoms with Crippen molar-refractivity contribution in [2.45, 2.75) is 19.9 Å². The Hall–Kier alpha value is -2.21. The van der Waals surface area contributed by atoms with Crippen molar-refractivity contribution in [2.75, 3.05) is 0 Å². The average Bonchev–Trinajstić information content (AvgIpc) is 2.97. The van der Waals surface area contributed by atoms with Crippen LogP contribution in [0.4, 0.5) is 4.39 Å². The van der Waals surface area contributed by atoms with E-state index in [1.165, 1.54) is 12.1 Å². The van der Waals surface area contributed by atoms with Gasteiger partial charge in [0.15, 0.2) is 0 Å². The highest BCUT2D eigenvalue weighted by Crippen LogP contribution is 2.23. The van der Waals surface area contributed by atoms with Crippen LogP contribution in [0, 0.1) is 11.7 Å². The van der Waals surface area contributed by atoms with E-state index in [4.69, 9.17) is 0 Å². The standard InChI is InChI=1S/C18H17BrFN3O/c1-10(2)16(17-21-14-5-3-4-6-15(14)22-17)23-18(24)12-9-11(19)7-8-13(12)20/h3-10,16H,1-2H3,(H,21,22)(H,23,24). The summed E-state index contributed by atoms with van der Waals surface area (Å²) in [4.78, 5) is 20.3. The van der Waals surface area contributed by atoms with E-state index in [9.17, 15) is 9.18 Å². The van der Waals surface area contributed by atoms with Crippen molar-refractivity contribution < 1.29 is 9.18 Å². The topological polar surface area (TPSA) is 57.8 Å². The molecule has 124 valence electrons. The molecule has 1 aromatic heterocycles. The maximum atomic E-state index is 13.9. The third kappa shape index (κ3) is 3.33. The van der Waals surface area contributed by atoms with Gasteiger partial charge in [-0.05, 0) is 36.2 Å². The minimum absolute atomic E-state index is 0.00568. The van der Waals surface area contributed by atoms with E-state index in [1.807, 2.05) is 38.1 Å². The van der Waals surface area contributed by atoms with Crippen LogP contribution in [-0.2, 0) is 0 Å². The minimum Gasteiger partial charge on any atom is -0.342 e. The quantitative estimate of drug-likeness (QED) is 0.685. The molecule has 0 fully saturated rings. The van der Waals surface area contributed by atoms with Gasteiger partial charge in [0, 0.05) is 4.47 Å². The van der Waals surface area contributed by atoms with Gasteiger partial charge in [0.2, 0.25) is 0 Å². The van der Waals surface area contributed by atoms with E-state index in [0.717, 1.165) is 11.0 Å². The number of amides is 1. The Balaban J connectivity index is 1.91. The number of halogens is 2. The van der Waals surface area contributed by atoms with Crippen LogP contribution in [0.2, 0.25) is 0 Å². The molecule has 0 aliphatic carbocycles. The van der Waals surface area contributed by atoms with E-state index < -0.39 is 11.7 Å². The summed E-state index contributed by atoms with van der Waals surface area (Å²) in [7, 11) is 0. The number of rotatable bonds is 4. The molecule has 1 amide bonds. The number of imidazole rings is 1. The third-order valence-electron chi connectivity index (χ3n) is 3.83. The van der Waals surface area contributed by atoms with Gasteiger partial charge in [-0.3, -0.25) is 4.79 Å². The minimum atomic E-state index is -0.553. The summed E-state index contributed by atoms with van der Waals surface area (Å²) in [5.41, 5.74) is 1.74. The number of hydrogen-bond acceptors (Lipinski definition) is 2. The Morgan fingerprint density at radius 1 is 1.25 bits per heavy atom. The van der Waals surface area contributed by atoms with Gasteiger partial charge in [-0.1, -0.05) is 41.9 Å². The van der Waals surface area contributed by atoms with Crippen molar-refractivity contribution in [2.24, 2.45) is 5.92 Å². The number of para-hydroxylation sites is 2. The zero-order chi connectivity index (χ0) is 17.3. The highest BCUT2D eigenvalue weighted by Gasteiger charge is 2.23. The van der Waals surface area contributed by atoms with Crippen LogP contribution in [0.1, 0.15) is 36.1 Å². The van der Waals surface area contributed by atoms with Gasteiger partial charge in [-0.2, -0.15) is 0 Å². The fourth-order valence-electron chi connectivity index (χ4n) is 2.56. The molecular weight excluding hydrogens is 373 g/mol. The molecular formula is C18H17BrFN3O. The lowest BCUT2D eigenvalue weighted by molar-refractivity contribution is 0.0919. The fourth-order valence-corrected chi connectivity index (χ4v) is 2.92. The smallest absolute Gasteiger partial charge is 0.254 e. The molecule has 2 aromatic carbocycles. The molecule has 0 saturated heterocycles. The van der Waals surface area contributed by atoms with Crippen molar-refractivity contribution in [1.29, 1.82) is 0 Å². The maximum Gasteiger partial charge on any atom is 0.254 e. The number of aromatic amines is 1. The Bertz CT molecular complexity index is 858. The number of aromatic nitrogens is 2. The van der Waals surface area contributed by atoms with Crippen LogP contribution in [0.15, 0.2) is 46.9 Å². The van der Waals surface area contributed by atoms with Crippen LogP contribution in [0.3, 0.4) is 0 Å². The summed E-state index contributed by atoms with van der Waals surface area (Å²) in [6.07, 6.45) is 0. The molecule has 1 heterocycles. The Labute approximate surface area is 147 Å². The molecule has 0 aliphatic rings. The highest BCUT2D eigenvalue weighted by atomic mass is 79.9. The summed E-state index contributed by atoms with van der Waals surface area (Å²) in [5, 5.41) is 2.88. The van der Waals surface area contributed by atoms with Crippen molar-refractivity contribution in [3.63, 3.8) is 0 Å². The molecule has 24 heavy (non-hydrogen) atoms. The molecule has 2 N–H and O–H groups in total. The molecule has 0 aliphatic heterocycles. The summed E-state index contributed by atoms with van der Waals surface area (Å²) < 4.78 is 14.6. The molecule has 0 radical (unpaired) electrons. The number of hydrogen-bond donors (Lipinski definition) is 2. The van der Waals surface area contributed by atoms with Gasteiger partial charge in [0.25, 0.3) is 5.91 Å². The lowest BCUT2D eigenvalue weighted by Gasteiger charge is -2.20. The summed E-state index contributed by atoms with van der Waals surface area (Å²) in [5.74, 6) is -0.268. The number of nitrogens with one attached hydrogen (secondary N) is 2. The Morgan fingerprint density at radius 3 is 2.71 bits per heavy atom. The molecule has 4 nitrogen and oxygen atoms in total. The summed E-state index contributed by atoms with van der Waals surface area (Å²) >= 11 is 3.26. The molecule has 6 heteroatoms. The number of carbonyl (C=O) groups is 1. The van der Waals surface area contributed by atoms with Crippen molar-refractivity contribution in [1.82, 2.24) is 15.3 Å². The first-order valence-electron chi connectivity index (χ1n) is 7.66. The third-order valence-corrected chi connectivity index (χ3v) is 4.32.